The van der Waals surface area contributed by atoms with Crippen molar-refractivity contribution in [2.45, 2.75) is 13.0 Å². The van der Waals surface area contributed by atoms with Crippen LogP contribution in [-0.4, -0.2) is 45.5 Å². The Morgan fingerprint density at radius 1 is 1.35 bits per heavy atom. The lowest BCUT2D eigenvalue weighted by Gasteiger charge is -2.22. The van der Waals surface area contributed by atoms with Crippen LogP contribution in [0.15, 0.2) is 52.3 Å². The molecule has 3 heterocycles. The Kier molecular flexibility index (Phi) is 7.51. The highest BCUT2D eigenvalue weighted by molar-refractivity contribution is 14.0. The Labute approximate surface area is 179 Å². The molecule has 1 N–H and O–H groups in total. The lowest BCUT2D eigenvalue weighted by molar-refractivity contribution is 0.462. The summed E-state index contributed by atoms with van der Waals surface area (Å²) in [6.07, 6.45) is 7.00. The largest absolute Gasteiger partial charge is 0.356 e. The minimum Gasteiger partial charge on any atom is -0.356 e. The van der Waals surface area contributed by atoms with Crippen molar-refractivity contribution in [2.75, 3.05) is 20.6 Å². The van der Waals surface area contributed by atoms with Gasteiger partial charge in [-0.25, -0.2) is 4.98 Å². The normalized spacial score (nSPS) is 11.5. The van der Waals surface area contributed by atoms with Gasteiger partial charge < -0.3 is 19.2 Å². The van der Waals surface area contributed by atoms with Crippen LogP contribution in [0.5, 0.6) is 0 Å². The van der Waals surface area contributed by atoms with E-state index < -0.39 is 0 Å². The molecule has 0 spiro atoms. The maximum absolute atomic E-state index is 4.62. The Morgan fingerprint density at radius 2 is 2.15 bits per heavy atom. The van der Waals surface area contributed by atoms with Crippen LogP contribution < -0.4 is 5.32 Å². The molecule has 6 nitrogen and oxygen atoms in total. The van der Waals surface area contributed by atoms with Gasteiger partial charge in [-0.2, -0.15) is 0 Å². The number of hydrogen-bond acceptors (Lipinski definition) is 2. The van der Waals surface area contributed by atoms with Gasteiger partial charge in [-0.1, -0.05) is 6.07 Å². The van der Waals surface area contributed by atoms with Gasteiger partial charge in [-0.15, -0.1) is 24.0 Å². The Bertz CT molecular complexity index is 852. The molecule has 26 heavy (non-hydrogen) atoms. The van der Waals surface area contributed by atoms with E-state index in [0.29, 0.717) is 0 Å². The molecule has 0 saturated heterocycles. The third-order valence-corrected chi connectivity index (χ3v) is 4.56. The van der Waals surface area contributed by atoms with Crippen LogP contribution in [0.1, 0.15) is 11.4 Å². The monoisotopic (exact) mass is 530 g/mol. The zero-order valence-corrected chi connectivity index (χ0v) is 19.1. The number of rotatable bonds is 5. The molecule has 0 unspecified atom stereocenters. The first-order chi connectivity index (χ1) is 12.1. The second-order valence-corrected chi connectivity index (χ2v) is 6.95. The van der Waals surface area contributed by atoms with E-state index in [1.165, 1.54) is 5.69 Å². The minimum atomic E-state index is 0. The average Bonchev–Trinajstić information content (AvgIpc) is 3.13. The number of aromatic nitrogens is 3. The lowest BCUT2D eigenvalue weighted by Crippen LogP contribution is -2.39. The predicted octanol–water partition coefficient (Wildman–Crippen LogP) is 3.30. The molecule has 0 bridgehead atoms. The fraction of sp³-hybridized carbons (Fsp3) is 0.333. The first-order valence-corrected chi connectivity index (χ1v) is 9.01. The van der Waals surface area contributed by atoms with E-state index in [1.54, 1.807) is 0 Å². The first kappa shape index (κ1) is 20.8. The van der Waals surface area contributed by atoms with E-state index in [1.807, 2.05) is 49.9 Å². The van der Waals surface area contributed by atoms with Crippen LogP contribution in [0.25, 0.3) is 5.65 Å². The van der Waals surface area contributed by atoms with Gasteiger partial charge in [0.1, 0.15) is 5.65 Å². The molecular weight excluding hydrogens is 507 g/mol. The number of pyridine rings is 1. The molecule has 0 saturated carbocycles. The highest BCUT2D eigenvalue weighted by Gasteiger charge is 2.10. The van der Waals surface area contributed by atoms with Crippen LogP contribution in [0.3, 0.4) is 0 Å². The third-order valence-electron chi connectivity index (χ3n) is 4.13. The molecule has 0 aliphatic rings. The number of hydrogen-bond donors (Lipinski definition) is 1. The summed E-state index contributed by atoms with van der Waals surface area (Å²) < 4.78 is 5.25. The number of aryl methyl sites for hydroxylation is 1. The van der Waals surface area contributed by atoms with Crippen molar-refractivity contribution in [1.29, 1.82) is 0 Å². The summed E-state index contributed by atoms with van der Waals surface area (Å²) in [7, 11) is 5.90. The van der Waals surface area contributed by atoms with Gasteiger partial charge in [0, 0.05) is 62.9 Å². The van der Waals surface area contributed by atoms with Gasteiger partial charge in [-0.3, -0.25) is 4.99 Å². The number of aliphatic imine (C=N–C) groups is 1. The van der Waals surface area contributed by atoms with E-state index in [0.717, 1.165) is 41.3 Å². The highest BCUT2D eigenvalue weighted by Crippen LogP contribution is 2.15. The molecule has 3 aromatic heterocycles. The lowest BCUT2D eigenvalue weighted by atomic mass is 10.3. The van der Waals surface area contributed by atoms with E-state index in [9.17, 15) is 0 Å². The summed E-state index contributed by atoms with van der Waals surface area (Å²) in [5.41, 5.74) is 3.27. The van der Waals surface area contributed by atoms with Crippen LogP contribution in [0, 0.1) is 0 Å². The average molecular weight is 531 g/mol. The molecule has 0 atom stereocenters. The van der Waals surface area contributed by atoms with Crippen LogP contribution in [0.2, 0.25) is 0 Å². The van der Waals surface area contributed by atoms with E-state index in [2.05, 4.69) is 59.2 Å². The number of imidazole rings is 1. The van der Waals surface area contributed by atoms with Crippen molar-refractivity contribution in [3.05, 3.63) is 58.7 Å². The second-order valence-electron chi connectivity index (χ2n) is 6.04. The van der Waals surface area contributed by atoms with Gasteiger partial charge >= 0.3 is 0 Å². The van der Waals surface area contributed by atoms with E-state index in [-0.39, 0.29) is 24.0 Å². The third kappa shape index (κ3) is 5.00. The Hall–Kier alpha value is -1.55. The number of halogens is 2. The topological polar surface area (TPSA) is 49.9 Å². The number of nitrogens with zero attached hydrogens (tertiary/aromatic N) is 5. The molecule has 3 aromatic rings. The SMILES string of the molecule is CN=C(NCCc1cn2ccccc2n1)N(C)Cc1cc(Br)cn1C.I. The summed E-state index contributed by atoms with van der Waals surface area (Å²) in [5, 5.41) is 3.41. The van der Waals surface area contributed by atoms with E-state index >= 15 is 0 Å². The van der Waals surface area contributed by atoms with Gasteiger partial charge in [0.05, 0.1) is 12.2 Å². The van der Waals surface area contributed by atoms with Crippen molar-refractivity contribution in [3.8, 4) is 0 Å². The molecule has 0 aliphatic heterocycles. The molecule has 0 aromatic carbocycles. The molecule has 0 fully saturated rings. The Morgan fingerprint density at radius 3 is 2.81 bits per heavy atom. The summed E-state index contributed by atoms with van der Waals surface area (Å²) in [6, 6.07) is 8.15. The van der Waals surface area contributed by atoms with Crippen molar-refractivity contribution >= 4 is 51.5 Å². The van der Waals surface area contributed by atoms with Crippen LogP contribution in [-0.2, 0) is 20.0 Å². The summed E-state index contributed by atoms with van der Waals surface area (Å²) in [6.45, 7) is 1.58. The van der Waals surface area contributed by atoms with Crippen LogP contribution >= 0.6 is 39.9 Å². The molecular formula is C18H24BrIN6. The van der Waals surface area contributed by atoms with Gasteiger partial charge in [0.15, 0.2) is 5.96 Å². The number of fused-ring (bicyclic) bond motifs is 1. The van der Waals surface area contributed by atoms with Crippen LogP contribution in [0.4, 0.5) is 0 Å². The molecule has 3 rings (SSSR count). The van der Waals surface area contributed by atoms with Crippen molar-refractivity contribution in [1.82, 2.24) is 24.2 Å². The van der Waals surface area contributed by atoms with Gasteiger partial charge in [0.25, 0.3) is 0 Å². The molecule has 0 radical (unpaired) electrons. The second kappa shape index (κ2) is 9.40. The van der Waals surface area contributed by atoms with Gasteiger partial charge in [-0.05, 0) is 34.1 Å². The summed E-state index contributed by atoms with van der Waals surface area (Å²) in [5.74, 6) is 0.876. The highest BCUT2D eigenvalue weighted by atomic mass is 127. The quantitative estimate of drug-likeness (QED) is 0.313. The minimum absolute atomic E-state index is 0. The number of nitrogens with one attached hydrogen (secondary N) is 1. The fourth-order valence-electron chi connectivity index (χ4n) is 2.84. The van der Waals surface area contributed by atoms with Gasteiger partial charge in [0.2, 0.25) is 0 Å². The van der Waals surface area contributed by atoms with Crippen molar-refractivity contribution in [2.24, 2.45) is 12.0 Å². The fourth-order valence-corrected chi connectivity index (χ4v) is 3.41. The zero-order valence-electron chi connectivity index (χ0n) is 15.2. The predicted molar refractivity (Wildman–Crippen MR) is 120 cm³/mol. The Balaban J connectivity index is 0.00000243. The van der Waals surface area contributed by atoms with E-state index in [4.69, 9.17) is 0 Å². The first-order valence-electron chi connectivity index (χ1n) is 8.22. The number of guanidine groups is 1. The van der Waals surface area contributed by atoms with Crippen molar-refractivity contribution in [3.63, 3.8) is 0 Å². The maximum Gasteiger partial charge on any atom is 0.193 e. The zero-order chi connectivity index (χ0) is 17.8. The molecule has 0 amide bonds. The summed E-state index contributed by atoms with van der Waals surface area (Å²) >= 11 is 3.52. The molecule has 0 aliphatic carbocycles. The summed E-state index contributed by atoms with van der Waals surface area (Å²) in [4.78, 5) is 11.1. The van der Waals surface area contributed by atoms with Crippen molar-refractivity contribution < 1.29 is 0 Å². The standard InChI is InChI=1S/C18H23BrN6.HI/c1-20-18(24(3)13-16-10-14(19)11-23(16)2)21-8-7-15-12-25-9-5-4-6-17(25)22-15;/h4-6,9-12H,7-8,13H2,1-3H3,(H,20,21);1H. The molecule has 140 valence electrons. The smallest absolute Gasteiger partial charge is 0.193 e. The molecule has 8 heteroatoms. The maximum atomic E-state index is 4.62.